The summed E-state index contributed by atoms with van der Waals surface area (Å²) in [6, 6.07) is 14.2. The highest BCUT2D eigenvalue weighted by Crippen LogP contribution is 2.36. The summed E-state index contributed by atoms with van der Waals surface area (Å²) in [4.78, 5) is 3.98. The second-order valence-corrected chi connectivity index (χ2v) is 6.78. The molecular formula is C21H20Cl2N2O2. The maximum absolute atomic E-state index is 6.21. The van der Waals surface area contributed by atoms with E-state index in [-0.39, 0.29) is 0 Å². The minimum Gasteiger partial charge on any atom is -0.493 e. The molecular weight excluding hydrogens is 383 g/mol. The maximum Gasteiger partial charge on any atom is 0.164 e. The summed E-state index contributed by atoms with van der Waals surface area (Å²) >= 11 is 12.4. The van der Waals surface area contributed by atoms with Crippen molar-refractivity contribution >= 4 is 28.9 Å². The van der Waals surface area contributed by atoms with Crippen molar-refractivity contribution in [3.63, 3.8) is 0 Å². The molecule has 140 valence electrons. The van der Waals surface area contributed by atoms with Gasteiger partial charge in [-0.2, -0.15) is 0 Å². The monoisotopic (exact) mass is 402 g/mol. The van der Waals surface area contributed by atoms with Gasteiger partial charge in [0.2, 0.25) is 0 Å². The third kappa shape index (κ3) is 4.65. The lowest BCUT2D eigenvalue weighted by Crippen LogP contribution is -2.04. The number of ether oxygens (including phenoxy) is 2. The molecule has 0 bridgehead atoms. The molecule has 0 fully saturated rings. The van der Waals surface area contributed by atoms with E-state index in [1.807, 2.05) is 24.3 Å². The Morgan fingerprint density at radius 3 is 2.30 bits per heavy atom. The summed E-state index contributed by atoms with van der Waals surface area (Å²) in [5, 5.41) is 4.42. The van der Waals surface area contributed by atoms with E-state index in [2.05, 4.69) is 28.5 Å². The van der Waals surface area contributed by atoms with Crippen LogP contribution in [-0.4, -0.2) is 19.2 Å². The average molecular weight is 403 g/mol. The van der Waals surface area contributed by atoms with Gasteiger partial charge in [0, 0.05) is 48.2 Å². The van der Waals surface area contributed by atoms with Gasteiger partial charge >= 0.3 is 0 Å². The molecule has 0 saturated heterocycles. The topological polar surface area (TPSA) is 43.4 Å². The fraction of sp³-hybridized carbons (Fsp3) is 0.190. The van der Waals surface area contributed by atoms with Crippen molar-refractivity contribution in [2.45, 2.75) is 13.0 Å². The van der Waals surface area contributed by atoms with Crippen LogP contribution in [0.5, 0.6) is 11.5 Å². The molecule has 27 heavy (non-hydrogen) atoms. The zero-order valence-electron chi connectivity index (χ0n) is 15.1. The van der Waals surface area contributed by atoms with E-state index in [1.54, 1.807) is 26.6 Å². The third-order valence-corrected chi connectivity index (χ3v) is 4.87. The van der Waals surface area contributed by atoms with Gasteiger partial charge in [0.05, 0.1) is 24.3 Å². The van der Waals surface area contributed by atoms with Crippen molar-refractivity contribution in [2.24, 2.45) is 0 Å². The molecule has 2 aromatic carbocycles. The molecule has 3 rings (SSSR count). The van der Waals surface area contributed by atoms with Crippen LogP contribution in [0.25, 0.3) is 0 Å². The first-order chi connectivity index (χ1) is 13.1. The zero-order valence-corrected chi connectivity index (χ0v) is 16.6. The molecule has 0 atom stereocenters. The van der Waals surface area contributed by atoms with Crippen LogP contribution >= 0.6 is 23.2 Å². The molecule has 0 aliphatic heterocycles. The van der Waals surface area contributed by atoms with E-state index < -0.39 is 0 Å². The molecule has 0 amide bonds. The van der Waals surface area contributed by atoms with Crippen molar-refractivity contribution in [1.82, 2.24) is 4.98 Å². The van der Waals surface area contributed by atoms with Gasteiger partial charge in [-0.15, -0.1) is 0 Å². The number of rotatable bonds is 7. The van der Waals surface area contributed by atoms with Crippen LogP contribution in [0.15, 0.2) is 54.9 Å². The molecule has 0 aliphatic rings. The predicted molar refractivity (Wildman–Crippen MR) is 110 cm³/mol. The second kappa shape index (κ2) is 8.98. The SMILES string of the molecule is COc1cc(NCc2c(Cl)cncc2Cl)cc(Cc2ccccc2)c1OC. The van der Waals surface area contributed by atoms with Gasteiger partial charge in [-0.25, -0.2) is 0 Å². The number of hydrogen-bond acceptors (Lipinski definition) is 4. The molecule has 0 aliphatic carbocycles. The van der Waals surface area contributed by atoms with Crippen molar-refractivity contribution < 1.29 is 9.47 Å². The summed E-state index contributed by atoms with van der Waals surface area (Å²) in [7, 11) is 3.28. The minimum absolute atomic E-state index is 0.473. The van der Waals surface area contributed by atoms with Gasteiger partial charge in [-0.1, -0.05) is 53.5 Å². The van der Waals surface area contributed by atoms with Crippen LogP contribution < -0.4 is 14.8 Å². The number of anilines is 1. The van der Waals surface area contributed by atoms with Gasteiger partial charge in [-0.3, -0.25) is 4.98 Å². The van der Waals surface area contributed by atoms with Gasteiger partial charge < -0.3 is 14.8 Å². The largest absolute Gasteiger partial charge is 0.493 e. The lowest BCUT2D eigenvalue weighted by Gasteiger charge is -2.17. The predicted octanol–water partition coefficient (Wildman–Crippen LogP) is 5.61. The molecule has 1 N–H and O–H groups in total. The number of benzene rings is 2. The van der Waals surface area contributed by atoms with Crippen molar-refractivity contribution in [1.29, 1.82) is 0 Å². The fourth-order valence-corrected chi connectivity index (χ4v) is 3.39. The first-order valence-electron chi connectivity index (χ1n) is 8.43. The molecule has 6 heteroatoms. The van der Waals surface area contributed by atoms with Gasteiger partial charge in [-0.05, 0) is 11.6 Å². The Balaban J connectivity index is 1.90. The number of aromatic nitrogens is 1. The van der Waals surface area contributed by atoms with Crippen molar-refractivity contribution in [2.75, 3.05) is 19.5 Å². The van der Waals surface area contributed by atoms with Gasteiger partial charge in [0.25, 0.3) is 0 Å². The normalized spacial score (nSPS) is 10.5. The number of nitrogens with zero attached hydrogens (tertiary/aromatic N) is 1. The molecule has 4 nitrogen and oxygen atoms in total. The first-order valence-corrected chi connectivity index (χ1v) is 9.18. The molecule has 1 heterocycles. The van der Waals surface area contributed by atoms with Crippen LogP contribution in [-0.2, 0) is 13.0 Å². The molecule has 0 spiro atoms. The van der Waals surface area contributed by atoms with Gasteiger partial charge in [0.1, 0.15) is 0 Å². The van der Waals surface area contributed by atoms with Crippen molar-refractivity contribution in [3.05, 3.63) is 81.6 Å². The Morgan fingerprint density at radius 1 is 0.963 bits per heavy atom. The van der Waals surface area contributed by atoms with Crippen LogP contribution in [0.2, 0.25) is 10.0 Å². The Labute approximate surface area is 169 Å². The number of pyridine rings is 1. The summed E-state index contributed by atoms with van der Waals surface area (Å²) < 4.78 is 11.1. The van der Waals surface area contributed by atoms with E-state index in [0.717, 1.165) is 29.0 Å². The standard InChI is InChI=1S/C21H20Cl2N2O2/c1-26-20-10-16(25-11-17-18(22)12-24-13-19(17)23)9-15(21(20)27-2)8-14-6-4-3-5-7-14/h3-7,9-10,12-13,25H,8,11H2,1-2H3. The number of nitrogens with one attached hydrogen (secondary N) is 1. The number of hydrogen-bond donors (Lipinski definition) is 1. The number of methoxy groups -OCH3 is 2. The molecule has 3 aromatic rings. The van der Waals surface area contributed by atoms with Crippen molar-refractivity contribution in [3.8, 4) is 11.5 Å². The Hall–Kier alpha value is -2.43. The Bertz CT molecular complexity index is 897. The van der Waals surface area contributed by atoms with Crippen LogP contribution in [0.3, 0.4) is 0 Å². The number of halogens is 2. The quantitative estimate of drug-likeness (QED) is 0.557. The van der Waals surface area contributed by atoms with E-state index in [0.29, 0.717) is 22.3 Å². The zero-order chi connectivity index (χ0) is 19.2. The second-order valence-electron chi connectivity index (χ2n) is 5.97. The van der Waals surface area contributed by atoms with E-state index in [9.17, 15) is 0 Å². The molecule has 0 radical (unpaired) electrons. The molecule has 1 aromatic heterocycles. The van der Waals surface area contributed by atoms with Crippen LogP contribution in [0.4, 0.5) is 5.69 Å². The van der Waals surface area contributed by atoms with Crippen LogP contribution in [0.1, 0.15) is 16.7 Å². The lowest BCUT2D eigenvalue weighted by molar-refractivity contribution is 0.352. The van der Waals surface area contributed by atoms with Crippen LogP contribution in [0, 0.1) is 0 Å². The molecule has 0 saturated carbocycles. The average Bonchev–Trinajstić information content (AvgIpc) is 2.68. The highest BCUT2D eigenvalue weighted by Gasteiger charge is 2.14. The third-order valence-electron chi connectivity index (χ3n) is 4.21. The summed E-state index contributed by atoms with van der Waals surface area (Å²) in [6.45, 7) is 0.473. The smallest absolute Gasteiger partial charge is 0.164 e. The highest BCUT2D eigenvalue weighted by molar-refractivity contribution is 6.35. The highest BCUT2D eigenvalue weighted by atomic mass is 35.5. The van der Waals surface area contributed by atoms with E-state index in [1.165, 1.54) is 5.56 Å². The first kappa shape index (κ1) is 19.3. The fourth-order valence-electron chi connectivity index (χ4n) is 2.89. The van der Waals surface area contributed by atoms with E-state index >= 15 is 0 Å². The van der Waals surface area contributed by atoms with Gasteiger partial charge in [0.15, 0.2) is 11.5 Å². The lowest BCUT2D eigenvalue weighted by atomic mass is 10.0. The van der Waals surface area contributed by atoms with E-state index in [4.69, 9.17) is 32.7 Å². The Kier molecular flexibility index (Phi) is 6.43. The molecule has 0 unspecified atom stereocenters. The maximum atomic E-state index is 6.21. The summed E-state index contributed by atoms with van der Waals surface area (Å²) in [5.41, 5.74) is 3.91. The summed E-state index contributed by atoms with van der Waals surface area (Å²) in [6.07, 6.45) is 3.90. The minimum atomic E-state index is 0.473. The summed E-state index contributed by atoms with van der Waals surface area (Å²) in [5.74, 6) is 1.40. The Morgan fingerprint density at radius 2 is 1.67 bits per heavy atom.